The van der Waals surface area contributed by atoms with Crippen LogP contribution in [0, 0.1) is 11.3 Å². The molecule has 0 aliphatic rings. The highest BCUT2D eigenvalue weighted by atomic mass is 19.3. The largest absolute Gasteiger partial charge is 0.493 e. The lowest BCUT2D eigenvalue weighted by Gasteiger charge is -2.10. The van der Waals surface area contributed by atoms with Crippen LogP contribution in [0.1, 0.15) is 23.4 Å². The molecule has 0 fully saturated rings. The van der Waals surface area contributed by atoms with Crippen molar-refractivity contribution in [3.63, 3.8) is 0 Å². The maximum Gasteiger partial charge on any atom is 0.311 e. The van der Waals surface area contributed by atoms with Crippen LogP contribution in [0.25, 0.3) is 0 Å². The van der Waals surface area contributed by atoms with E-state index in [0.29, 0.717) is 0 Å². The van der Waals surface area contributed by atoms with Crippen molar-refractivity contribution in [2.75, 3.05) is 14.2 Å². The van der Waals surface area contributed by atoms with Gasteiger partial charge in [0, 0.05) is 0 Å². The maximum atomic E-state index is 12.6. The third-order valence-corrected chi connectivity index (χ3v) is 2.15. The summed E-state index contributed by atoms with van der Waals surface area (Å²) in [5, 5.41) is 8.85. The molecule has 0 saturated heterocycles. The average molecular weight is 256 g/mol. The van der Waals surface area contributed by atoms with Gasteiger partial charge in [-0.05, 0) is 6.07 Å². The van der Waals surface area contributed by atoms with E-state index in [1.807, 2.05) is 0 Å². The predicted molar refractivity (Wildman–Crippen MR) is 56.2 cm³/mol. The van der Waals surface area contributed by atoms with Crippen LogP contribution in [-0.4, -0.2) is 25.2 Å². The molecule has 1 aromatic rings. The average Bonchev–Trinajstić information content (AvgIpc) is 2.37. The summed E-state index contributed by atoms with van der Waals surface area (Å²) >= 11 is 0. The molecule has 0 bridgehead atoms. The summed E-state index contributed by atoms with van der Waals surface area (Å²) in [6, 6.07) is 2.66. The van der Waals surface area contributed by atoms with Crippen LogP contribution < -0.4 is 4.74 Å². The van der Waals surface area contributed by atoms with E-state index in [-0.39, 0.29) is 23.4 Å². The van der Waals surface area contributed by atoms with Gasteiger partial charge in [-0.15, -0.1) is 0 Å². The van der Waals surface area contributed by atoms with E-state index in [1.54, 1.807) is 6.07 Å². The summed E-state index contributed by atoms with van der Waals surface area (Å²) in [6.07, 6.45) is -3.17. The molecule has 1 aromatic heterocycles. The molecule has 1 rings (SSSR count). The number of nitrogens with zero attached hydrogens (tertiary/aromatic N) is 2. The number of carbonyl (C=O) groups is 1. The zero-order valence-corrected chi connectivity index (χ0v) is 9.74. The van der Waals surface area contributed by atoms with Gasteiger partial charge in [-0.3, -0.25) is 4.79 Å². The number of ether oxygens (including phenoxy) is 2. The van der Waals surface area contributed by atoms with E-state index in [1.165, 1.54) is 7.11 Å². The van der Waals surface area contributed by atoms with Gasteiger partial charge < -0.3 is 9.47 Å². The molecule has 0 radical (unpaired) electrons. The Hall–Kier alpha value is -2.23. The molecular weight excluding hydrogens is 246 g/mol. The Balaban J connectivity index is 3.32. The van der Waals surface area contributed by atoms with Gasteiger partial charge in [0.1, 0.15) is 11.8 Å². The molecule has 0 spiro atoms. The summed E-state index contributed by atoms with van der Waals surface area (Å²) in [5.74, 6) is -0.650. The number of pyridine rings is 1. The van der Waals surface area contributed by atoms with Crippen LogP contribution in [0.4, 0.5) is 8.78 Å². The lowest BCUT2D eigenvalue weighted by molar-refractivity contribution is -0.139. The zero-order chi connectivity index (χ0) is 13.7. The van der Waals surface area contributed by atoms with Crippen LogP contribution >= 0.6 is 0 Å². The fourth-order valence-corrected chi connectivity index (χ4v) is 1.36. The number of hydrogen-bond acceptors (Lipinski definition) is 5. The Labute approximate surface area is 102 Å². The Morgan fingerprint density at radius 2 is 2.22 bits per heavy atom. The lowest BCUT2D eigenvalue weighted by Crippen LogP contribution is -2.10. The number of rotatable bonds is 4. The van der Waals surface area contributed by atoms with Gasteiger partial charge in [0.15, 0.2) is 5.75 Å². The molecule has 0 aromatic carbocycles. The molecule has 7 heteroatoms. The second kappa shape index (κ2) is 5.91. The summed E-state index contributed by atoms with van der Waals surface area (Å²) in [6.45, 7) is 0. The molecule has 96 valence electrons. The summed E-state index contributed by atoms with van der Waals surface area (Å²) in [4.78, 5) is 14.8. The highest BCUT2D eigenvalue weighted by molar-refractivity contribution is 5.73. The Morgan fingerprint density at radius 3 is 2.67 bits per heavy atom. The first kappa shape index (κ1) is 13.8. The Kier molecular flexibility index (Phi) is 4.54. The lowest BCUT2D eigenvalue weighted by atomic mass is 10.1. The van der Waals surface area contributed by atoms with Crippen molar-refractivity contribution in [2.24, 2.45) is 0 Å². The topological polar surface area (TPSA) is 72.2 Å². The summed E-state index contributed by atoms with van der Waals surface area (Å²) < 4.78 is 34.5. The Morgan fingerprint density at radius 1 is 1.56 bits per heavy atom. The number of nitriles is 1. The van der Waals surface area contributed by atoms with Crippen LogP contribution in [0.3, 0.4) is 0 Å². The van der Waals surface area contributed by atoms with Crippen molar-refractivity contribution in [3.05, 3.63) is 23.0 Å². The number of halogens is 2. The van der Waals surface area contributed by atoms with Crippen molar-refractivity contribution in [1.29, 1.82) is 5.26 Å². The summed E-state index contributed by atoms with van der Waals surface area (Å²) in [5.41, 5.74) is -0.716. The highest BCUT2D eigenvalue weighted by Gasteiger charge is 2.20. The first-order chi connectivity index (χ1) is 8.53. The first-order valence-corrected chi connectivity index (χ1v) is 4.86. The van der Waals surface area contributed by atoms with E-state index in [0.717, 1.165) is 13.2 Å². The Bertz CT molecular complexity index is 498. The molecule has 0 unspecified atom stereocenters. The second-order valence-electron chi connectivity index (χ2n) is 3.24. The fourth-order valence-electron chi connectivity index (χ4n) is 1.36. The van der Waals surface area contributed by atoms with Gasteiger partial charge in [-0.25, -0.2) is 13.8 Å². The van der Waals surface area contributed by atoms with Crippen LogP contribution in [0.15, 0.2) is 6.07 Å². The highest BCUT2D eigenvalue weighted by Crippen LogP contribution is 2.27. The van der Waals surface area contributed by atoms with Crippen molar-refractivity contribution in [1.82, 2.24) is 4.98 Å². The molecule has 0 aliphatic heterocycles. The minimum absolute atomic E-state index is 0.00676. The van der Waals surface area contributed by atoms with Crippen LogP contribution in [0.5, 0.6) is 5.75 Å². The molecule has 0 amide bonds. The minimum Gasteiger partial charge on any atom is -0.493 e. The molecule has 0 aliphatic carbocycles. The van der Waals surface area contributed by atoms with Crippen molar-refractivity contribution < 1.29 is 23.0 Å². The van der Waals surface area contributed by atoms with Gasteiger partial charge in [0.25, 0.3) is 6.43 Å². The molecule has 5 nitrogen and oxygen atoms in total. The standard InChI is InChI=1S/C11H10F2N2O3/c1-17-9(16)4-7-10(18-2)6(5-14)3-8(15-7)11(12)13/h3,11H,4H2,1-2H3. The van der Waals surface area contributed by atoms with E-state index < -0.39 is 18.1 Å². The SMILES string of the molecule is COC(=O)Cc1nc(C(F)F)cc(C#N)c1OC. The zero-order valence-electron chi connectivity index (χ0n) is 9.74. The quantitative estimate of drug-likeness (QED) is 0.765. The predicted octanol–water partition coefficient (Wildman–Crippen LogP) is 1.61. The molecule has 18 heavy (non-hydrogen) atoms. The van der Waals surface area contributed by atoms with E-state index in [9.17, 15) is 13.6 Å². The molecular formula is C11H10F2N2O3. The smallest absolute Gasteiger partial charge is 0.311 e. The monoisotopic (exact) mass is 256 g/mol. The third-order valence-electron chi connectivity index (χ3n) is 2.15. The number of aromatic nitrogens is 1. The van der Waals surface area contributed by atoms with Crippen LogP contribution in [0.2, 0.25) is 0 Å². The number of esters is 1. The molecule has 0 saturated carbocycles. The van der Waals surface area contributed by atoms with Gasteiger partial charge in [-0.2, -0.15) is 5.26 Å². The normalized spacial score (nSPS) is 10.0. The van der Waals surface area contributed by atoms with Crippen molar-refractivity contribution >= 4 is 5.97 Å². The molecule has 0 atom stereocenters. The molecule has 0 N–H and O–H groups in total. The van der Waals surface area contributed by atoms with Crippen molar-refractivity contribution in [3.8, 4) is 11.8 Å². The van der Waals surface area contributed by atoms with Crippen LogP contribution in [-0.2, 0) is 16.0 Å². The maximum absolute atomic E-state index is 12.6. The van der Waals surface area contributed by atoms with Gasteiger partial charge >= 0.3 is 5.97 Å². The fraction of sp³-hybridized carbons (Fsp3) is 0.364. The third kappa shape index (κ3) is 2.91. The van der Waals surface area contributed by atoms with Gasteiger partial charge in [0.05, 0.1) is 31.9 Å². The van der Waals surface area contributed by atoms with E-state index >= 15 is 0 Å². The number of carbonyl (C=O) groups excluding carboxylic acids is 1. The first-order valence-electron chi connectivity index (χ1n) is 4.86. The minimum atomic E-state index is -2.83. The number of hydrogen-bond donors (Lipinski definition) is 0. The van der Waals surface area contributed by atoms with Crippen molar-refractivity contribution in [2.45, 2.75) is 12.8 Å². The van der Waals surface area contributed by atoms with E-state index in [2.05, 4.69) is 9.72 Å². The van der Waals surface area contributed by atoms with Gasteiger partial charge in [-0.1, -0.05) is 0 Å². The second-order valence-corrected chi connectivity index (χ2v) is 3.24. The number of alkyl halides is 2. The van der Waals surface area contributed by atoms with E-state index in [4.69, 9.17) is 10.00 Å². The molecule has 1 heterocycles. The summed E-state index contributed by atoms with van der Waals surface area (Å²) in [7, 11) is 2.43. The van der Waals surface area contributed by atoms with Gasteiger partial charge in [0.2, 0.25) is 0 Å². The number of methoxy groups -OCH3 is 2.